The molecular weight excluding hydrogens is 318 g/mol. The second-order valence-electron chi connectivity index (χ2n) is 7.74. The number of carbonyl (C=O) groups excluding carboxylic acids is 1. The van der Waals surface area contributed by atoms with E-state index in [1.54, 1.807) is 10.7 Å². The molecule has 1 amide bonds. The lowest BCUT2D eigenvalue weighted by Gasteiger charge is -2.23. The zero-order valence-corrected chi connectivity index (χ0v) is 14.7. The number of hydrogen-bond acceptors (Lipinski definition) is 4. The van der Waals surface area contributed by atoms with E-state index in [-0.39, 0.29) is 23.6 Å². The van der Waals surface area contributed by atoms with Gasteiger partial charge in [0.25, 0.3) is 5.56 Å². The Labute approximate surface area is 147 Å². The number of amides is 1. The van der Waals surface area contributed by atoms with Crippen LogP contribution in [0.15, 0.2) is 10.9 Å². The molecule has 2 unspecified atom stereocenters. The average Bonchev–Trinajstić information content (AvgIpc) is 3.26. The average molecular weight is 345 g/mol. The Hall–Kier alpha value is -1.69. The zero-order chi connectivity index (χ0) is 17.2. The van der Waals surface area contributed by atoms with Crippen LogP contribution in [0.4, 0.5) is 0 Å². The number of rotatable bonds is 4. The van der Waals surface area contributed by atoms with Crippen molar-refractivity contribution in [2.24, 2.45) is 5.92 Å². The largest absolute Gasteiger partial charge is 0.377 e. The molecule has 2 aliphatic carbocycles. The molecule has 1 aromatic heterocycles. The number of fused-ring (bicyclic) bond motifs is 1. The summed E-state index contributed by atoms with van der Waals surface area (Å²) in [5, 5.41) is 7.73. The quantitative estimate of drug-likeness (QED) is 0.902. The Morgan fingerprint density at radius 3 is 2.84 bits per heavy atom. The van der Waals surface area contributed by atoms with Gasteiger partial charge in [-0.2, -0.15) is 5.10 Å². The fourth-order valence-electron chi connectivity index (χ4n) is 4.48. The van der Waals surface area contributed by atoms with Crippen molar-refractivity contribution in [1.29, 1.82) is 0 Å². The molecule has 0 spiro atoms. The lowest BCUT2D eigenvalue weighted by molar-refractivity contribution is -0.122. The first-order chi connectivity index (χ1) is 12.2. The molecule has 6 nitrogen and oxygen atoms in total. The Balaban J connectivity index is 1.47. The van der Waals surface area contributed by atoms with Crippen LogP contribution in [-0.2, 0) is 22.4 Å². The molecule has 1 saturated heterocycles. The highest BCUT2D eigenvalue weighted by atomic mass is 16.5. The van der Waals surface area contributed by atoms with E-state index in [9.17, 15) is 9.59 Å². The van der Waals surface area contributed by atoms with Crippen LogP contribution in [0.3, 0.4) is 0 Å². The number of carbonyl (C=O) groups is 1. The lowest BCUT2D eigenvalue weighted by Crippen LogP contribution is -2.44. The number of hydrogen-bond donors (Lipinski definition) is 1. The minimum absolute atomic E-state index is 0.0776. The van der Waals surface area contributed by atoms with Crippen LogP contribution in [-0.4, -0.2) is 34.9 Å². The summed E-state index contributed by atoms with van der Waals surface area (Å²) < 4.78 is 7.13. The van der Waals surface area contributed by atoms with Gasteiger partial charge in [-0.15, -0.1) is 0 Å². The van der Waals surface area contributed by atoms with Crippen molar-refractivity contribution in [2.75, 3.05) is 13.2 Å². The van der Waals surface area contributed by atoms with Crippen molar-refractivity contribution in [2.45, 2.75) is 69.9 Å². The van der Waals surface area contributed by atoms with Gasteiger partial charge in [-0.05, 0) is 50.0 Å². The van der Waals surface area contributed by atoms with E-state index in [0.29, 0.717) is 25.6 Å². The van der Waals surface area contributed by atoms with Crippen LogP contribution in [0, 0.1) is 5.92 Å². The Morgan fingerprint density at radius 1 is 1.20 bits per heavy atom. The summed E-state index contributed by atoms with van der Waals surface area (Å²) in [6.45, 7) is 0.881. The van der Waals surface area contributed by atoms with E-state index in [1.807, 2.05) is 0 Å². The predicted octanol–water partition coefficient (Wildman–Crippen LogP) is 1.76. The fourth-order valence-corrected chi connectivity index (χ4v) is 4.48. The van der Waals surface area contributed by atoms with Crippen LogP contribution in [0.5, 0.6) is 0 Å². The van der Waals surface area contributed by atoms with Crippen molar-refractivity contribution in [1.82, 2.24) is 15.1 Å². The fraction of sp³-hybridized carbons (Fsp3) is 0.737. The summed E-state index contributed by atoms with van der Waals surface area (Å²) in [6.07, 6.45) is 9.51. The zero-order valence-electron chi connectivity index (χ0n) is 14.7. The van der Waals surface area contributed by atoms with Gasteiger partial charge in [-0.1, -0.05) is 12.8 Å². The molecule has 1 saturated carbocycles. The van der Waals surface area contributed by atoms with E-state index < -0.39 is 0 Å². The number of aromatic nitrogens is 2. The lowest BCUT2D eigenvalue weighted by atomic mass is 9.97. The van der Waals surface area contributed by atoms with Crippen LogP contribution in [0.25, 0.3) is 0 Å². The molecule has 25 heavy (non-hydrogen) atoms. The molecular formula is C19H27N3O3. The van der Waals surface area contributed by atoms with E-state index >= 15 is 0 Å². The van der Waals surface area contributed by atoms with E-state index in [0.717, 1.165) is 49.8 Å². The van der Waals surface area contributed by atoms with Crippen LogP contribution < -0.4 is 10.9 Å². The van der Waals surface area contributed by atoms with Gasteiger partial charge in [-0.3, -0.25) is 9.59 Å². The summed E-state index contributed by atoms with van der Waals surface area (Å²) in [7, 11) is 0. The number of ether oxygens (including phenoxy) is 1. The number of nitrogens with one attached hydrogen (secondary N) is 1. The maximum Gasteiger partial charge on any atom is 0.267 e. The molecule has 1 N–H and O–H groups in total. The topological polar surface area (TPSA) is 73.2 Å². The van der Waals surface area contributed by atoms with Gasteiger partial charge in [0, 0.05) is 12.5 Å². The van der Waals surface area contributed by atoms with Crippen molar-refractivity contribution in [3.05, 3.63) is 27.7 Å². The Morgan fingerprint density at radius 2 is 2.00 bits per heavy atom. The molecule has 4 rings (SSSR count). The van der Waals surface area contributed by atoms with Crippen LogP contribution in [0.1, 0.15) is 62.2 Å². The second kappa shape index (κ2) is 7.28. The maximum atomic E-state index is 12.5. The highest BCUT2D eigenvalue weighted by Crippen LogP contribution is 2.28. The van der Waals surface area contributed by atoms with Crippen LogP contribution in [0.2, 0.25) is 0 Å². The summed E-state index contributed by atoms with van der Waals surface area (Å²) in [6, 6.07) is 1.37. The Kier molecular flexibility index (Phi) is 4.88. The Bertz CT molecular complexity index is 694. The van der Waals surface area contributed by atoms with E-state index in [2.05, 4.69) is 10.4 Å². The van der Waals surface area contributed by atoms with Crippen molar-refractivity contribution in [3.63, 3.8) is 0 Å². The number of nitrogens with zero attached hydrogens (tertiary/aromatic N) is 2. The molecule has 2 atom stereocenters. The minimum Gasteiger partial charge on any atom is -0.377 e. The normalized spacial score (nSPS) is 26.6. The first-order valence-electron chi connectivity index (χ1n) is 9.69. The SMILES string of the molecule is O=C(CC1CCCC1)NC1COCC1n1nc2c(cc1=O)CCCC2. The van der Waals surface area contributed by atoms with Gasteiger partial charge < -0.3 is 10.1 Å². The standard InChI is InChI=1S/C19H27N3O3/c23-18(9-13-5-1-2-6-13)20-16-11-25-12-17(16)22-19(24)10-14-7-3-4-8-15(14)21-22/h10,13,16-17H,1-9,11-12H2,(H,20,23). The molecule has 0 aromatic carbocycles. The summed E-state index contributed by atoms with van der Waals surface area (Å²) in [5.41, 5.74) is 2.05. The molecule has 0 radical (unpaired) electrons. The third kappa shape index (κ3) is 3.64. The predicted molar refractivity (Wildman–Crippen MR) is 93.5 cm³/mol. The third-order valence-electron chi connectivity index (χ3n) is 5.89. The summed E-state index contributed by atoms with van der Waals surface area (Å²) >= 11 is 0. The van der Waals surface area contributed by atoms with Gasteiger partial charge >= 0.3 is 0 Å². The molecule has 136 valence electrons. The molecule has 1 aromatic rings. The van der Waals surface area contributed by atoms with Gasteiger partial charge in [0.15, 0.2) is 0 Å². The van der Waals surface area contributed by atoms with Crippen molar-refractivity contribution < 1.29 is 9.53 Å². The van der Waals surface area contributed by atoms with E-state index in [1.165, 1.54) is 12.8 Å². The molecule has 6 heteroatoms. The second-order valence-corrected chi connectivity index (χ2v) is 7.74. The summed E-state index contributed by atoms with van der Waals surface area (Å²) in [4.78, 5) is 24.9. The molecule has 1 aliphatic heterocycles. The van der Waals surface area contributed by atoms with E-state index in [4.69, 9.17) is 4.74 Å². The molecule has 0 bridgehead atoms. The maximum absolute atomic E-state index is 12.5. The third-order valence-corrected chi connectivity index (χ3v) is 5.89. The van der Waals surface area contributed by atoms with Crippen LogP contribution >= 0.6 is 0 Å². The first kappa shape index (κ1) is 16.8. The first-order valence-corrected chi connectivity index (χ1v) is 9.69. The molecule has 3 aliphatic rings. The smallest absolute Gasteiger partial charge is 0.267 e. The van der Waals surface area contributed by atoms with Gasteiger partial charge in [-0.25, -0.2) is 4.68 Å². The number of aryl methyl sites for hydroxylation is 2. The highest BCUT2D eigenvalue weighted by molar-refractivity contribution is 5.76. The van der Waals surface area contributed by atoms with Crippen molar-refractivity contribution in [3.8, 4) is 0 Å². The highest BCUT2D eigenvalue weighted by Gasteiger charge is 2.33. The van der Waals surface area contributed by atoms with Gasteiger partial charge in [0.1, 0.15) is 6.04 Å². The van der Waals surface area contributed by atoms with Gasteiger partial charge in [0.2, 0.25) is 5.91 Å². The monoisotopic (exact) mass is 345 g/mol. The van der Waals surface area contributed by atoms with Crippen molar-refractivity contribution >= 4 is 5.91 Å². The minimum atomic E-state index is -0.202. The van der Waals surface area contributed by atoms with Gasteiger partial charge in [0.05, 0.1) is 24.9 Å². The molecule has 2 fully saturated rings. The molecule has 2 heterocycles. The summed E-state index contributed by atoms with van der Waals surface area (Å²) in [5.74, 6) is 0.601.